The number of ether oxygens (including phenoxy) is 1. The number of carbonyl (C=O) groups is 1. The summed E-state index contributed by atoms with van der Waals surface area (Å²) in [5.74, 6) is 0.798. The Hall–Kier alpha value is -2.99. The molecule has 0 aliphatic rings. The predicted molar refractivity (Wildman–Crippen MR) is 132 cm³/mol. The molecule has 4 aromatic rings. The minimum absolute atomic E-state index is 0.181. The van der Waals surface area contributed by atoms with Crippen molar-refractivity contribution in [2.75, 3.05) is 17.2 Å². The maximum atomic E-state index is 12.3. The number of aromatic nitrogens is 1. The summed E-state index contributed by atoms with van der Waals surface area (Å²) in [6.07, 6.45) is 0. The van der Waals surface area contributed by atoms with Crippen LogP contribution in [-0.2, 0) is 4.79 Å². The number of carbonyl (C=O) groups excluding carboxylic acids is 1. The van der Waals surface area contributed by atoms with Gasteiger partial charge in [0.25, 0.3) is 5.91 Å². The average Bonchev–Trinajstić information content (AvgIpc) is 2.74. The van der Waals surface area contributed by atoms with Crippen molar-refractivity contribution in [1.29, 1.82) is 0 Å². The van der Waals surface area contributed by atoms with Crippen LogP contribution in [0, 0.1) is 6.92 Å². The van der Waals surface area contributed by atoms with E-state index < -0.39 is 0 Å². The van der Waals surface area contributed by atoms with Gasteiger partial charge in [0.1, 0.15) is 11.6 Å². The van der Waals surface area contributed by atoms with Gasteiger partial charge in [-0.1, -0.05) is 40.9 Å². The minimum Gasteiger partial charge on any atom is -0.482 e. The Morgan fingerprint density at radius 3 is 2.53 bits per heavy atom. The van der Waals surface area contributed by atoms with Crippen molar-refractivity contribution in [2.45, 2.75) is 6.92 Å². The lowest BCUT2D eigenvalue weighted by Crippen LogP contribution is -2.20. The van der Waals surface area contributed by atoms with Crippen LogP contribution in [0.3, 0.4) is 0 Å². The summed E-state index contributed by atoms with van der Waals surface area (Å²) >= 11 is 18.0. The molecule has 162 valence electrons. The van der Waals surface area contributed by atoms with Crippen molar-refractivity contribution < 1.29 is 9.53 Å². The number of hydrogen-bond donors (Lipinski definition) is 2. The van der Waals surface area contributed by atoms with E-state index in [0.717, 1.165) is 22.2 Å². The Morgan fingerprint density at radius 2 is 1.75 bits per heavy atom. The number of halogens is 3. The van der Waals surface area contributed by atoms with Crippen molar-refractivity contribution in [3.05, 3.63) is 87.4 Å². The Labute approximate surface area is 200 Å². The second-order valence-electron chi connectivity index (χ2n) is 7.10. The molecule has 0 saturated carbocycles. The summed E-state index contributed by atoms with van der Waals surface area (Å²) in [5.41, 5.74) is 3.32. The second kappa shape index (κ2) is 9.65. The van der Waals surface area contributed by atoms with Crippen LogP contribution in [0.4, 0.5) is 17.2 Å². The van der Waals surface area contributed by atoms with E-state index in [1.165, 1.54) is 0 Å². The molecule has 8 heteroatoms. The van der Waals surface area contributed by atoms with Crippen molar-refractivity contribution >= 4 is 68.8 Å². The summed E-state index contributed by atoms with van der Waals surface area (Å²) in [6.45, 7) is 1.81. The van der Waals surface area contributed by atoms with Crippen LogP contribution in [0.25, 0.3) is 10.9 Å². The first kappa shape index (κ1) is 22.2. The monoisotopic (exact) mass is 485 g/mol. The molecule has 0 bridgehead atoms. The minimum atomic E-state index is -0.305. The molecule has 0 fully saturated rings. The standard InChI is InChI=1S/C24H18Cl3N3O2/c1-14-9-23(28-17-4-2-3-15(25)10-17)30-21-7-6-18(12-19(14)21)29-24(31)13-32-22-8-5-16(26)11-20(22)27/h2-12H,13H2,1H3,(H,28,30)(H,29,31). The van der Waals surface area contributed by atoms with Crippen molar-refractivity contribution in [3.8, 4) is 5.75 Å². The lowest BCUT2D eigenvalue weighted by atomic mass is 10.1. The summed E-state index contributed by atoms with van der Waals surface area (Å²) in [7, 11) is 0. The van der Waals surface area contributed by atoms with E-state index in [1.807, 2.05) is 49.4 Å². The second-order valence-corrected chi connectivity index (χ2v) is 8.38. The number of hydrogen-bond acceptors (Lipinski definition) is 4. The van der Waals surface area contributed by atoms with Gasteiger partial charge in [0.15, 0.2) is 6.61 Å². The molecule has 0 unspecified atom stereocenters. The highest BCUT2D eigenvalue weighted by atomic mass is 35.5. The number of benzene rings is 3. The Balaban J connectivity index is 1.45. The van der Waals surface area contributed by atoms with Crippen LogP contribution in [0.1, 0.15) is 5.56 Å². The van der Waals surface area contributed by atoms with Crippen LogP contribution in [0.2, 0.25) is 15.1 Å². The van der Waals surface area contributed by atoms with E-state index in [1.54, 1.807) is 24.3 Å². The topological polar surface area (TPSA) is 63.2 Å². The third-order valence-corrected chi connectivity index (χ3v) is 5.41. The van der Waals surface area contributed by atoms with Gasteiger partial charge in [-0.25, -0.2) is 4.98 Å². The van der Waals surface area contributed by atoms with Gasteiger partial charge in [-0.3, -0.25) is 4.79 Å². The lowest BCUT2D eigenvalue weighted by Gasteiger charge is -2.12. The molecule has 0 saturated heterocycles. The van der Waals surface area contributed by atoms with Gasteiger partial charge in [0.2, 0.25) is 0 Å². The van der Waals surface area contributed by atoms with Gasteiger partial charge in [-0.05, 0) is 73.2 Å². The first-order chi connectivity index (χ1) is 15.4. The van der Waals surface area contributed by atoms with Crippen molar-refractivity contribution in [1.82, 2.24) is 4.98 Å². The number of pyridine rings is 1. The van der Waals surface area contributed by atoms with E-state index in [9.17, 15) is 4.79 Å². The molecule has 0 spiro atoms. The largest absolute Gasteiger partial charge is 0.482 e. The van der Waals surface area contributed by atoms with Crippen LogP contribution >= 0.6 is 34.8 Å². The van der Waals surface area contributed by atoms with E-state index in [4.69, 9.17) is 39.5 Å². The van der Waals surface area contributed by atoms with E-state index in [0.29, 0.717) is 32.3 Å². The Kier molecular flexibility index (Phi) is 6.70. The lowest BCUT2D eigenvalue weighted by molar-refractivity contribution is -0.118. The fourth-order valence-electron chi connectivity index (χ4n) is 3.18. The first-order valence-corrected chi connectivity index (χ1v) is 10.8. The summed E-state index contributed by atoms with van der Waals surface area (Å²) in [4.78, 5) is 17.0. The highest BCUT2D eigenvalue weighted by Crippen LogP contribution is 2.28. The smallest absolute Gasteiger partial charge is 0.262 e. The maximum Gasteiger partial charge on any atom is 0.262 e. The van der Waals surface area contributed by atoms with Crippen LogP contribution in [0.5, 0.6) is 5.75 Å². The number of fused-ring (bicyclic) bond motifs is 1. The number of nitrogens with one attached hydrogen (secondary N) is 2. The number of nitrogens with zero attached hydrogens (tertiary/aromatic N) is 1. The van der Waals surface area contributed by atoms with Crippen LogP contribution < -0.4 is 15.4 Å². The number of amides is 1. The Bertz CT molecular complexity index is 1310. The zero-order valence-corrected chi connectivity index (χ0v) is 19.2. The summed E-state index contributed by atoms with van der Waals surface area (Å²) in [5, 5.41) is 8.52. The molecule has 0 atom stereocenters. The molecule has 0 aliphatic carbocycles. The molecule has 1 heterocycles. The van der Waals surface area contributed by atoms with Gasteiger partial charge in [-0.2, -0.15) is 0 Å². The highest BCUT2D eigenvalue weighted by molar-refractivity contribution is 6.35. The normalized spacial score (nSPS) is 10.8. The quantitative estimate of drug-likeness (QED) is 0.301. The van der Waals surface area contributed by atoms with Gasteiger partial charge >= 0.3 is 0 Å². The molecule has 5 nitrogen and oxygen atoms in total. The van der Waals surface area contributed by atoms with Crippen molar-refractivity contribution in [2.24, 2.45) is 0 Å². The number of aryl methyl sites for hydroxylation is 1. The van der Waals surface area contributed by atoms with Crippen molar-refractivity contribution in [3.63, 3.8) is 0 Å². The molecule has 2 N–H and O–H groups in total. The Morgan fingerprint density at radius 1 is 0.938 bits per heavy atom. The third-order valence-electron chi connectivity index (χ3n) is 4.65. The van der Waals surface area contributed by atoms with E-state index in [2.05, 4.69) is 15.6 Å². The van der Waals surface area contributed by atoms with Crippen LogP contribution in [0.15, 0.2) is 66.7 Å². The molecule has 3 aromatic carbocycles. The molecular weight excluding hydrogens is 469 g/mol. The maximum absolute atomic E-state index is 12.3. The van der Waals surface area contributed by atoms with E-state index in [-0.39, 0.29) is 12.5 Å². The van der Waals surface area contributed by atoms with Gasteiger partial charge in [0.05, 0.1) is 10.5 Å². The summed E-state index contributed by atoms with van der Waals surface area (Å²) < 4.78 is 5.49. The predicted octanol–water partition coefficient (Wildman–Crippen LogP) is 7.26. The van der Waals surface area contributed by atoms with Gasteiger partial charge in [0, 0.05) is 26.8 Å². The molecule has 32 heavy (non-hydrogen) atoms. The highest BCUT2D eigenvalue weighted by Gasteiger charge is 2.09. The van der Waals surface area contributed by atoms with Gasteiger partial charge in [-0.15, -0.1) is 0 Å². The fraction of sp³-hybridized carbons (Fsp3) is 0.0833. The summed E-state index contributed by atoms with van der Waals surface area (Å²) in [6, 6.07) is 19.8. The van der Waals surface area contributed by atoms with E-state index >= 15 is 0 Å². The third kappa shape index (κ3) is 5.43. The van der Waals surface area contributed by atoms with Crippen LogP contribution in [-0.4, -0.2) is 17.5 Å². The zero-order chi connectivity index (χ0) is 22.7. The van der Waals surface area contributed by atoms with Gasteiger partial charge < -0.3 is 15.4 Å². The molecule has 0 aliphatic heterocycles. The molecule has 0 radical (unpaired) electrons. The number of anilines is 3. The zero-order valence-electron chi connectivity index (χ0n) is 17.0. The number of rotatable bonds is 6. The first-order valence-electron chi connectivity index (χ1n) is 9.69. The fourth-order valence-corrected chi connectivity index (χ4v) is 3.84. The molecular formula is C24H18Cl3N3O2. The molecule has 1 amide bonds. The SMILES string of the molecule is Cc1cc(Nc2cccc(Cl)c2)nc2ccc(NC(=O)COc3ccc(Cl)cc3Cl)cc12. The molecule has 4 rings (SSSR count). The molecule has 1 aromatic heterocycles. The average molecular weight is 487 g/mol.